The van der Waals surface area contributed by atoms with Crippen LogP contribution in [0.2, 0.25) is 0 Å². The highest BCUT2D eigenvalue weighted by atomic mass is 79.9. The van der Waals surface area contributed by atoms with Crippen LogP contribution in [0.1, 0.15) is 58.1 Å². The van der Waals surface area contributed by atoms with Gasteiger partial charge in [-0.05, 0) is 65.4 Å². The zero-order valence-electron chi connectivity index (χ0n) is 19.0. The van der Waals surface area contributed by atoms with E-state index in [1.165, 1.54) is 5.56 Å². The molecule has 6 heteroatoms. The molecule has 168 valence electrons. The predicted octanol–water partition coefficient (Wildman–Crippen LogP) is 5.28. The summed E-state index contributed by atoms with van der Waals surface area (Å²) in [5, 5.41) is 2.97. The number of ether oxygens (including phenoxy) is 1. The van der Waals surface area contributed by atoms with E-state index in [1.807, 2.05) is 62.4 Å². The average Bonchev–Trinajstić information content (AvgIpc) is 2.76. The second-order valence-corrected chi connectivity index (χ2v) is 8.99. The van der Waals surface area contributed by atoms with E-state index in [9.17, 15) is 9.59 Å². The van der Waals surface area contributed by atoms with Crippen molar-refractivity contribution in [2.45, 2.75) is 65.6 Å². The highest BCUT2D eigenvalue weighted by molar-refractivity contribution is 9.10. The maximum Gasteiger partial charge on any atom is 0.261 e. The largest absolute Gasteiger partial charge is 0.483 e. The zero-order chi connectivity index (χ0) is 23.0. The van der Waals surface area contributed by atoms with Crippen molar-refractivity contribution in [1.82, 2.24) is 10.2 Å². The number of amides is 2. The molecule has 0 bridgehead atoms. The van der Waals surface area contributed by atoms with Gasteiger partial charge in [0.1, 0.15) is 11.8 Å². The Balaban J connectivity index is 2.14. The van der Waals surface area contributed by atoms with Gasteiger partial charge in [0.05, 0.1) is 4.47 Å². The first-order valence-corrected chi connectivity index (χ1v) is 11.6. The van der Waals surface area contributed by atoms with Crippen LogP contribution in [0.25, 0.3) is 0 Å². The van der Waals surface area contributed by atoms with Gasteiger partial charge in [-0.1, -0.05) is 57.2 Å². The molecule has 0 saturated carbocycles. The van der Waals surface area contributed by atoms with Gasteiger partial charge in [0.15, 0.2) is 6.61 Å². The first-order chi connectivity index (χ1) is 14.7. The molecule has 0 saturated heterocycles. The van der Waals surface area contributed by atoms with Gasteiger partial charge in [-0.15, -0.1) is 0 Å². The fourth-order valence-corrected chi connectivity index (χ4v) is 3.55. The lowest BCUT2D eigenvalue weighted by atomic mass is 10.0. The lowest BCUT2D eigenvalue weighted by molar-refractivity contribution is -0.142. The highest BCUT2D eigenvalue weighted by Crippen LogP contribution is 2.29. The number of hydrogen-bond acceptors (Lipinski definition) is 3. The number of carbonyl (C=O) groups is 2. The minimum Gasteiger partial charge on any atom is -0.483 e. The Morgan fingerprint density at radius 2 is 1.74 bits per heavy atom. The van der Waals surface area contributed by atoms with Crippen molar-refractivity contribution in [2.75, 3.05) is 6.61 Å². The monoisotopic (exact) mass is 488 g/mol. The summed E-state index contributed by atoms with van der Waals surface area (Å²) in [6, 6.07) is 15.0. The van der Waals surface area contributed by atoms with Crippen LogP contribution in [0, 0.1) is 0 Å². The van der Waals surface area contributed by atoms with Gasteiger partial charge in [-0.2, -0.15) is 0 Å². The molecule has 0 aliphatic rings. The van der Waals surface area contributed by atoms with Crippen LogP contribution in [0.4, 0.5) is 0 Å². The quantitative estimate of drug-likeness (QED) is 0.494. The van der Waals surface area contributed by atoms with Gasteiger partial charge in [-0.25, -0.2) is 0 Å². The highest BCUT2D eigenvalue weighted by Gasteiger charge is 2.27. The van der Waals surface area contributed by atoms with Crippen LogP contribution < -0.4 is 10.1 Å². The van der Waals surface area contributed by atoms with E-state index in [2.05, 4.69) is 35.1 Å². The number of halogens is 1. The molecule has 31 heavy (non-hydrogen) atoms. The predicted molar refractivity (Wildman–Crippen MR) is 128 cm³/mol. The molecule has 2 atom stereocenters. The molecular formula is C25H33BrN2O3. The van der Waals surface area contributed by atoms with Crippen LogP contribution >= 0.6 is 15.9 Å². The normalized spacial score (nSPS) is 12.9. The van der Waals surface area contributed by atoms with E-state index in [-0.39, 0.29) is 24.5 Å². The minimum absolute atomic E-state index is 0.0512. The molecule has 1 N–H and O–H groups in total. The smallest absolute Gasteiger partial charge is 0.261 e. The lowest BCUT2D eigenvalue weighted by Crippen LogP contribution is -2.50. The van der Waals surface area contributed by atoms with E-state index >= 15 is 0 Å². The summed E-state index contributed by atoms with van der Waals surface area (Å²) in [6.45, 7) is 10.2. The molecule has 0 aromatic heterocycles. The maximum atomic E-state index is 13.1. The molecule has 2 aromatic carbocycles. The molecule has 0 heterocycles. The van der Waals surface area contributed by atoms with Crippen molar-refractivity contribution >= 4 is 27.7 Å². The molecule has 5 nitrogen and oxygen atoms in total. The van der Waals surface area contributed by atoms with E-state index in [1.54, 1.807) is 11.8 Å². The summed E-state index contributed by atoms with van der Waals surface area (Å²) in [7, 11) is 0. The van der Waals surface area contributed by atoms with E-state index in [4.69, 9.17) is 4.74 Å². The van der Waals surface area contributed by atoms with Gasteiger partial charge < -0.3 is 15.0 Å². The standard InChI is InChI=1S/C25H33BrN2O3/c1-6-18(4)27-25(30)19(5)28(15-20-10-8-7-9-11-20)24(29)16-31-23-13-12-21(17(2)3)14-22(23)26/h7-14,17-19H,6,15-16H2,1-5H3,(H,27,30)/t18-,19-/m0/s1. The molecule has 2 rings (SSSR count). The van der Waals surface area contributed by atoms with Crippen molar-refractivity contribution < 1.29 is 14.3 Å². The third-order valence-corrected chi connectivity index (χ3v) is 5.96. The van der Waals surface area contributed by atoms with Crippen LogP contribution in [0.15, 0.2) is 53.0 Å². The number of nitrogens with one attached hydrogen (secondary N) is 1. The van der Waals surface area contributed by atoms with E-state index in [0.717, 1.165) is 16.5 Å². The molecule has 0 fully saturated rings. The molecule has 0 spiro atoms. The van der Waals surface area contributed by atoms with Crippen molar-refractivity contribution in [3.05, 3.63) is 64.1 Å². The summed E-state index contributed by atoms with van der Waals surface area (Å²) in [4.78, 5) is 27.4. The van der Waals surface area contributed by atoms with Crippen LogP contribution in [-0.4, -0.2) is 35.4 Å². The SMILES string of the molecule is CC[C@H](C)NC(=O)[C@H](C)N(Cc1ccccc1)C(=O)COc1ccc(C(C)C)cc1Br. The summed E-state index contributed by atoms with van der Waals surface area (Å²) < 4.78 is 6.62. The molecule has 0 unspecified atom stereocenters. The third-order valence-electron chi connectivity index (χ3n) is 5.34. The molecule has 0 radical (unpaired) electrons. The van der Waals surface area contributed by atoms with Crippen LogP contribution in [0.5, 0.6) is 5.75 Å². The first-order valence-electron chi connectivity index (χ1n) is 10.8. The third kappa shape index (κ3) is 7.39. The lowest BCUT2D eigenvalue weighted by Gasteiger charge is -2.29. The second-order valence-electron chi connectivity index (χ2n) is 8.13. The minimum atomic E-state index is -0.614. The van der Waals surface area contributed by atoms with E-state index < -0.39 is 6.04 Å². The Bertz CT molecular complexity index is 870. The Morgan fingerprint density at radius 3 is 2.32 bits per heavy atom. The topological polar surface area (TPSA) is 58.6 Å². The molecule has 0 aliphatic carbocycles. The fourth-order valence-electron chi connectivity index (χ4n) is 3.04. The summed E-state index contributed by atoms with van der Waals surface area (Å²) >= 11 is 3.53. The first kappa shape index (κ1) is 24.9. The van der Waals surface area contributed by atoms with Crippen molar-refractivity contribution in [3.8, 4) is 5.75 Å². The van der Waals surface area contributed by atoms with Crippen molar-refractivity contribution in [1.29, 1.82) is 0 Å². The number of hydrogen-bond donors (Lipinski definition) is 1. The number of rotatable bonds is 10. The van der Waals surface area contributed by atoms with Crippen LogP contribution in [0.3, 0.4) is 0 Å². The molecule has 0 aliphatic heterocycles. The Hall–Kier alpha value is -2.34. The van der Waals surface area contributed by atoms with Crippen molar-refractivity contribution in [3.63, 3.8) is 0 Å². The number of carbonyl (C=O) groups excluding carboxylic acids is 2. The maximum absolute atomic E-state index is 13.1. The molecular weight excluding hydrogens is 456 g/mol. The van der Waals surface area contributed by atoms with Crippen molar-refractivity contribution in [2.24, 2.45) is 0 Å². The van der Waals surface area contributed by atoms with Gasteiger partial charge in [0, 0.05) is 12.6 Å². The Kier molecular flexibility index (Phi) is 9.56. The average molecular weight is 489 g/mol. The van der Waals surface area contributed by atoms with Gasteiger partial charge in [0.2, 0.25) is 5.91 Å². The fraction of sp³-hybridized carbons (Fsp3) is 0.440. The zero-order valence-corrected chi connectivity index (χ0v) is 20.6. The Labute approximate surface area is 194 Å². The Morgan fingerprint density at radius 1 is 1.06 bits per heavy atom. The summed E-state index contributed by atoms with van der Waals surface area (Å²) in [5.74, 6) is 0.601. The number of nitrogens with zero attached hydrogens (tertiary/aromatic N) is 1. The second kappa shape index (κ2) is 11.9. The van der Waals surface area contributed by atoms with Gasteiger partial charge >= 0.3 is 0 Å². The van der Waals surface area contributed by atoms with Gasteiger partial charge in [0.25, 0.3) is 5.91 Å². The van der Waals surface area contributed by atoms with E-state index in [0.29, 0.717) is 18.2 Å². The van der Waals surface area contributed by atoms with Crippen LogP contribution in [-0.2, 0) is 16.1 Å². The molecule has 2 amide bonds. The number of benzene rings is 2. The molecule has 2 aromatic rings. The summed E-state index contributed by atoms with van der Waals surface area (Å²) in [6.07, 6.45) is 0.828. The summed E-state index contributed by atoms with van der Waals surface area (Å²) in [5.41, 5.74) is 2.15. The van der Waals surface area contributed by atoms with Gasteiger partial charge in [-0.3, -0.25) is 9.59 Å².